The maximum Gasteiger partial charge on any atom is 0.0726 e. The van der Waals surface area contributed by atoms with Crippen LogP contribution in [0.15, 0.2) is 24.3 Å². The van der Waals surface area contributed by atoms with Gasteiger partial charge in [0.15, 0.2) is 0 Å². The van der Waals surface area contributed by atoms with Gasteiger partial charge < -0.3 is 10.1 Å². The van der Waals surface area contributed by atoms with Gasteiger partial charge in [-0.2, -0.15) is 0 Å². The third-order valence-corrected chi connectivity index (χ3v) is 3.23. The van der Waals surface area contributed by atoms with Gasteiger partial charge in [-0.1, -0.05) is 51.4 Å². The fourth-order valence-corrected chi connectivity index (χ4v) is 2.04. The standard InChI is InChI=1S/C16H26ClNO/c1-12(2)9-18-10-16(13(3)4)19-11-14-6-5-7-15(17)8-14/h5-8,12-13,16,18H,9-11H2,1-4H3. The molecule has 1 rings (SSSR count). The average Bonchev–Trinajstić information content (AvgIpc) is 2.32. The van der Waals surface area contributed by atoms with E-state index in [1.807, 2.05) is 24.3 Å². The molecule has 0 aliphatic carbocycles. The van der Waals surface area contributed by atoms with Gasteiger partial charge in [0.1, 0.15) is 0 Å². The van der Waals surface area contributed by atoms with Crippen LogP contribution in [0, 0.1) is 11.8 Å². The Bertz CT molecular complexity index is 366. The Morgan fingerprint density at radius 3 is 2.47 bits per heavy atom. The minimum Gasteiger partial charge on any atom is -0.372 e. The lowest BCUT2D eigenvalue weighted by atomic mass is 10.1. The molecule has 0 saturated carbocycles. The Balaban J connectivity index is 2.41. The second-order valence-electron chi connectivity index (χ2n) is 5.78. The Morgan fingerprint density at radius 1 is 1.16 bits per heavy atom. The third-order valence-electron chi connectivity index (χ3n) is 2.99. The number of ether oxygens (including phenoxy) is 1. The van der Waals surface area contributed by atoms with Crippen LogP contribution in [-0.2, 0) is 11.3 Å². The molecule has 0 saturated heterocycles. The fourth-order valence-electron chi connectivity index (χ4n) is 1.83. The van der Waals surface area contributed by atoms with Gasteiger partial charge >= 0.3 is 0 Å². The van der Waals surface area contributed by atoms with Crippen molar-refractivity contribution in [3.05, 3.63) is 34.9 Å². The molecule has 0 aromatic heterocycles. The van der Waals surface area contributed by atoms with Gasteiger partial charge in [0.2, 0.25) is 0 Å². The number of hydrogen-bond acceptors (Lipinski definition) is 2. The van der Waals surface area contributed by atoms with Gasteiger partial charge in [0.05, 0.1) is 12.7 Å². The predicted octanol–water partition coefficient (Wildman–Crippen LogP) is 4.13. The summed E-state index contributed by atoms with van der Waals surface area (Å²) in [4.78, 5) is 0. The molecule has 2 nitrogen and oxygen atoms in total. The SMILES string of the molecule is CC(C)CNCC(OCc1cccc(Cl)c1)C(C)C. The second kappa shape index (κ2) is 8.57. The van der Waals surface area contributed by atoms with Crippen LogP contribution in [0.1, 0.15) is 33.3 Å². The highest BCUT2D eigenvalue weighted by molar-refractivity contribution is 6.30. The summed E-state index contributed by atoms with van der Waals surface area (Å²) in [6.45, 7) is 11.4. The topological polar surface area (TPSA) is 21.3 Å². The molecule has 0 radical (unpaired) electrons. The van der Waals surface area contributed by atoms with E-state index < -0.39 is 0 Å². The van der Waals surface area contributed by atoms with Crippen LogP contribution in [0.2, 0.25) is 5.02 Å². The van der Waals surface area contributed by atoms with Crippen LogP contribution in [0.3, 0.4) is 0 Å². The predicted molar refractivity (Wildman–Crippen MR) is 82.6 cm³/mol. The first-order chi connectivity index (χ1) is 8.99. The van der Waals surface area contributed by atoms with E-state index in [9.17, 15) is 0 Å². The maximum absolute atomic E-state index is 6.01. The second-order valence-corrected chi connectivity index (χ2v) is 6.21. The summed E-state index contributed by atoms with van der Waals surface area (Å²) in [7, 11) is 0. The van der Waals surface area contributed by atoms with E-state index in [0.29, 0.717) is 18.4 Å². The van der Waals surface area contributed by atoms with Crippen molar-refractivity contribution in [3.8, 4) is 0 Å². The summed E-state index contributed by atoms with van der Waals surface area (Å²) in [5.74, 6) is 1.17. The minimum absolute atomic E-state index is 0.234. The van der Waals surface area contributed by atoms with Gasteiger partial charge in [-0.05, 0) is 36.1 Å². The van der Waals surface area contributed by atoms with Gasteiger partial charge in [-0.3, -0.25) is 0 Å². The molecule has 1 unspecified atom stereocenters. The summed E-state index contributed by atoms with van der Waals surface area (Å²) in [5, 5.41) is 4.23. The van der Waals surface area contributed by atoms with Crippen molar-refractivity contribution >= 4 is 11.6 Å². The van der Waals surface area contributed by atoms with Crippen molar-refractivity contribution in [2.45, 2.75) is 40.4 Å². The Hall–Kier alpha value is -0.570. The summed E-state index contributed by atoms with van der Waals surface area (Å²) in [6, 6.07) is 7.85. The number of hydrogen-bond donors (Lipinski definition) is 1. The zero-order chi connectivity index (χ0) is 14.3. The monoisotopic (exact) mass is 283 g/mol. The Labute approximate surface area is 122 Å². The van der Waals surface area contributed by atoms with Crippen LogP contribution >= 0.6 is 11.6 Å². The minimum atomic E-state index is 0.234. The molecule has 0 bridgehead atoms. The molecule has 1 atom stereocenters. The molecule has 1 aromatic rings. The molecular formula is C16H26ClNO. The molecule has 0 fully saturated rings. The molecule has 0 heterocycles. The third kappa shape index (κ3) is 6.95. The van der Waals surface area contributed by atoms with Gasteiger partial charge in [0, 0.05) is 11.6 Å². The van der Waals surface area contributed by atoms with Gasteiger partial charge in [-0.25, -0.2) is 0 Å². The number of nitrogens with one attached hydrogen (secondary N) is 1. The summed E-state index contributed by atoms with van der Waals surface area (Å²) < 4.78 is 6.01. The van der Waals surface area contributed by atoms with Gasteiger partial charge in [-0.15, -0.1) is 0 Å². The molecular weight excluding hydrogens is 258 g/mol. The lowest BCUT2D eigenvalue weighted by Crippen LogP contribution is -2.34. The highest BCUT2D eigenvalue weighted by Crippen LogP contribution is 2.14. The highest BCUT2D eigenvalue weighted by Gasteiger charge is 2.13. The number of halogens is 1. The molecule has 1 aromatic carbocycles. The molecule has 0 aliphatic heterocycles. The van der Waals surface area contributed by atoms with E-state index in [1.165, 1.54) is 0 Å². The largest absolute Gasteiger partial charge is 0.372 e. The Kier molecular flexibility index (Phi) is 7.44. The van der Waals surface area contributed by atoms with E-state index in [-0.39, 0.29) is 6.10 Å². The zero-order valence-electron chi connectivity index (χ0n) is 12.4. The molecule has 0 aliphatic rings. The van der Waals surface area contributed by atoms with E-state index in [4.69, 9.17) is 16.3 Å². The first-order valence-corrected chi connectivity index (χ1v) is 7.43. The van der Waals surface area contributed by atoms with Crippen molar-refractivity contribution in [3.63, 3.8) is 0 Å². The van der Waals surface area contributed by atoms with E-state index in [2.05, 4.69) is 33.0 Å². The quantitative estimate of drug-likeness (QED) is 0.775. The lowest BCUT2D eigenvalue weighted by Gasteiger charge is -2.22. The molecule has 19 heavy (non-hydrogen) atoms. The maximum atomic E-state index is 6.01. The van der Waals surface area contributed by atoms with E-state index in [1.54, 1.807) is 0 Å². The first-order valence-electron chi connectivity index (χ1n) is 7.05. The van der Waals surface area contributed by atoms with Crippen molar-refractivity contribution in [1.29, 1.82) is 0 Å². The van der Waals surface area contributed by atoms with Crippen molar-refractivity contribution in [1.82, 2.24) is 5.32 Å². The van der Waals surface area contributed by atoms with Crippen molar-refractivity contribution in [2.24, 2.45) is 11.8 Å². The summed E-state index contributed by atoms with van der Waals surface area (Å²) in [6.07, 6.45) is 0.234. The van der Waals surface area contributed by atoms with Crippen LogP contribution in [0.25, 0.3) is 0 Å². The van der Waals surface area contributed by atoms with E-state index >= 15 is 0 Å². The zero-order valence-corrected chi connectivity index (χ0v) is 13.2. The van der Waals surface area contributed by atoms with Crippen molar-refractivity contribution < 1.29 is 4.74 Å². The smallest absolute Gasteiger partial charge is 0.0726 e. The molecule has 0 amide bonds. The lowest BCUT2D eigenvalue weighted by molar-refractivity contribution is 0.0111. The van der Waals surface area contributed by atoms with Gasteiger partial charge in [0.25, 0.3) is 0 Å². The number of benzene rings is 1. The van der Waals surface area contributed by atoms with Crippen LogP contribution in [0.4, 0.5) is 0 Å². The van der Waals surface area contributed by atoms with Crippen LogP contribution in [0.5, 0.6) is 0 Å². The Morgan fingerprint density at radius 2 is 1.89 bits per heavy atom. The summed E-state index contributed by atoms with van der Waals surface area (Å²) in [5.41, 5.74) is 1.13. The fraction of sp³-hybridized carbons (Fsp3) is 0.625. The van der Waals surface area contributed by atoms with Crippen molar-refractivity contribution in [2.75, 3.05) is 13.1 Å². The van der Waals surface area contributed by atoms with Crippen LogP contribution in [-0.4, -0.2) is 19.2 Å². The highest BCUT2D eigenvalue weighted by atomic mass is 35.5. The van der Waals surface area contributed by atoms with E-state index in [0.717, 1.165) is 23.7 Å². The number of rotatable bonds is 8. The molecule has 3 heteroatoms. The van der Waals surface area contributed by atoms with Crippen LogP contribution < -0.4 is 5.32 Å². The molecule has 108 valence electrons. The first kappa shape index (κ1) is 16.5. The normalized spacial score (nSPS) is 13.2. The molecule has 1 N–H and O–H groups in total. The molecule has 0 spiro atoms. The summed E-state index contributed by atoms with van der Waals surface area (Å²) >= 11 is 5.97. The average molecular weight is 284 g/mol.